The van der Waals surface area contributed by atoms with Crippen LogP contribution in [0.2, 0.25) is 0 Å². The van der Waals surface area contributed by atoms with Crippen LogP contribution in [0.15, 0.2) is 54.6 Å². The van der Waals surface area contributed by atoms with E-state index in [1.54, 1.807) is 36.4 Å². The van der Waals surface area contributed by atoms with Gasteiger partial charge in [-0.25, -0.2) is 4.79 Å². The SMILES string of the molecule is O=C(c1ccccc1)c1ccc2sc(C(=O)O)cc2c1. The third kappa shape index (κ3) is 2.21. The van der Waals surface area contributed by atoms with Crippen molar-refractivity contribution in [2.75, 3.05) is 0 Å². The van der Waals surface area contributed by atoms with Crippen LogP contribution in [0.3, 0.4) is 0 Å². The molecule has 20 heavy (non-hydrogen) atoms. The minimum absolute atomic E-state index is 0.0597. The molecular formula is C16H10O3S. The minimum Gasteiger partial charge on any atom is -0.477 e. The third-order valence-corrected chi connectivity index (χ3v) is 4.13. The van der Waals surface area contributed by atoms with Crippen molar-refractivity contribution in [1.82, 2.24) is 0 Å². The maximum atomic E-state index is 12.3. The summed E-state index contributed by atoms with van der Waals surface area (Å²) in [4.78, 5) is 23.6. The summed E-state index contributed by atoms with van der Waals surface area (Å²) in [5.41, 5.74) is 1.19. The second-order valence-electron chi connectivity index (χ2n) is 4.36. The molecular weight excluding hydrogens is 272 g/mol. The molecule has 0 amide bonds. The topological polar surface area (TPSA) is 54.4 Å². The molecule has 0 aliphatic carbocycles. The Morgan fingerprint density at radius 3 is 2.35 bits per heavy atom. The van der Waals surface area contributed by atoms with Crippen molar-refractivity contribution < 1.29 is 14.7 Å². The molecule has 0 atom stereocenters. The zero-order valence-electron chi connectivity index (χ0n) is 10.4. The standard InChI is InChI=1S/C16H10O3S/c17-15(10-4-2-1-3-5-10)11-6-7-13-12(8-11)9-14(20-13)16(18)19/h1-9H,(H,18,19). The number of hydrogen-bond acceptors (Lipinski definition) is 3. The van der Waals surface area contributed by atoms with Crippen LogP contribution >= 0.6 is 11.3 Å². The Morgan fingerprint density at radius 1 is 0.900 bits per heavy atom. The minimum atomic E-state index is -0.942. The lowest BCUT2D eigenvalue weighted by Gasteiger charge is -2.01. The molecule has 1 aromatic heterocycles. The smallest absolute Gasteiger partial charge is 0.345 e. The van der Waals surface area contributed by atoms with E-state index in [0.717, 1.165) is 10.1 Å². The molecule has 0 aliphatic heterocycles. The lowest BCUT2D eigenvalue weighted by molar-refractivity contribution is 0.0702. The fraction of sp³-hybridized carbons (Fsp3) is 0. The number of carbonyl (C=O) groups excluding carboxylic acids is 1. The van der Waals surface area contributed by atoms with Gasteiger partial charge >= 0.3 is 5.97 Å². The van der Waals surface area contributed by atoms with Crippen molar-refractivity contribution >= 4 is 33.2 Å². The molecule has 3 rings (SSSR count). The van der Waals surface area contributed by atoms with Gasteiger partial charge in [0.15, 0.2) is 5.78 Å². The number of aromatic carboxylic acids is 1. The summed E-state index contributed by atoms with van der Waals surface area (Å²) in [6, 6.07) is 15.9. The Labute approximate surface area is 119 Å². The van der Waals surface area contributed by atoms with Gasteiger partial charge in [0.05, 0.1) is 0 Å². The number of ketones is 1. The van der Waals surface area contributed by atoms with Crippen molar-refractivity contribution in [2.24, 2.45) is 0 Å². The van der Waals surface area contributed by atoms with Crippen LogP contribution in [0.1, 0.15) is 25.6 Å². The second kappa shape index (κ2) is 4.90. The summed E-state index contributed by atoms with van der Waals surface area (Å²) in [6.07, 6.45) is 0. The molecule has 3 nitrogen and oxygen atoms in total. The first-order valence-corrected chi connectivity index (χ1v) is 6.83. The molecule has 1 heterocycles. The quantitative estimate of drug-likeness (QED) is 0.743. The van der Waals surface area contributed by atoms with Crippen molar-refractivity contribution in [2.45, 2.75) is 0 Å². The highest BCUT2D eigenvalue weighted by Gasteiger charge is 2.12. The molecule has 3 aromatic rings. The molecule has 0 bridgehead atoms. The van der Waals surface area contributed by atoms with E-state index in [1.165, 1.54) is 11.3 Å². The van der Waals surface area contributed by atoms with Gasteiger partial charge in [0, 0.05) is 15.8 Å². The van der Waals surface area contributed by atoms with E-state index >= 15 is 0 Å². The van der Waals surface area contributed by atoms with Crippen LogP contribution in [0.4, 0.5) is 0 Å². The summed E-state index contributed by atoms with van der Waals surface area (Å²) in [5.74, 6) is -1.00. The van der Waals surface area contributed by atoms with Crippen LogP contribution < -0.4 is 0 Å². The van der Waals surface area contributed by atoms with Gasteiger partial charge in [-0.15, -0.1) is 11.3 Å². The summed E-state index contributed by atoms with van der Waals surface area (Å²) < 4.78 is 0.868. The van der Waals surface area contributed by atoms with Gasteiger partial charge in [-0.05, 0) is 29.7 Å². The van der Waals surface area contributed by atoms with Gasteiger partial charge in [0.2, 0.25) is 0 Å². The molecule has 0 saturated carbocycles. The van der Waals surface area contributed by atoms with E-state index in [0.29, 0.717) is 11.1 Å². The molecule has 2 aromatic carbocycles. The first-order chi connectivity index (χ1) is 9.65. The summed E-state index contributed by atoms with van der Waals surface area (Å²) in [6.45, 7) is 0. The molecule has 98 valence electrons. The number of fused-ring (bicyclic) bond motifs is 1. The van der Waals surface area contributed by atoms with Gasteiger partial charge in [-0.2, -0.15) is 0 Å². The largest absolute Gasteiger partial charge is 0.477 e. The predicted octanol–water partition coefficient (Wildman–Crippen LogP) is 3.83. The number of carbonyl (C=O) groups is 2. The van der Waals surface area contributed by atoms with Crippen molar-refractivity contribution in [3.05, 3.63) is 70.6 Å². The fourth-order valence-corrected chi connectivity index (χ4v) is 2.93. The van der Waals surface area contributed by atoms with E-state index in [-0.39, 0.29) is 10.7 Å². The third-order valence-electron chi connectivity index (χ3n) is 3.03. The highest BCUT2D eigenvalue weighted by Crippen LogP contribution is 2.27. The molecule has 0 fully saturated rings. The molecule has 0 spiro atoms. The van der Waals surface area contributed by atoms with Gasteiger partial charge in [0.25, 0.3) is 0 Å². The van der Waals surface area contributed by atoms with Crippen LogP contribution in [0, 0.1) is 0 Å². The second-order valence-corrected chi connectivity index (χ2v) is 5.45. The molecule has 1 N–H and O–H groups in total. The Morgan fingerprint density at radius 2 is 1.65 bits per heavy atom. The Bertz CT molecular complexity index is 803. The zero-order valence-corrected chi connectivity index (χ0v) is 11.2. The van der Waals surface area contributed by atoms with Crippen LogP contribution in [-0.2, 0) is 0 Å². The maximum absolute atomic E-state index is 12.3. The lowest BCUT2D eigenvalue weighted by Crippen LogP contribution is -2.00. The van der Waals surface area contributed by atoms with Gasteiger partial charge < -0.3 is 5.11 Å². The highest BCUT2D eigenvalue weighted by atomic mass is 32.1. The zero-order chi connectivity index (χ0) is 14.1. The number of rotatable bonds is 3. The van der Waals surface area contributed by atoms with Crippen LogP contribution in [0.5, 0.6) is 0 Å². The van der Waals surface area contributed by atoms with Gasteiger partial charge in [-0.1, -0.05) is 30.3 Å². The summed E-state index contributed by atoms with van der Waals surface area (Å²) in [5, 5.41) is 9.77. The number of carboxylic acid groups (broad SMARTS) is 1. The Hall–Kier alpha value is -2.46. The van der Waals surface area contributed by atoms with Crippen molar-refractivity contribution in [1.29, 1.82) is 0 Å². The molecule has 0 saturated heterocycles. The number of benzene rings is 2. The van der Waals surface area contributed by atoms with E-state index in [9.17, 15) is 9.59 Å². The monoisotopic (exact) mass is 282 g/mol. The number of hydrogen-bond donors (Lipinski definition) is 1. The van der Waals surface area contributed by atoms with E-state index in [4.69, 9.17) is 5.11 Å². The Kier molecular flexibility index (Phi) is 3.08. The predicted molar refractivity (Wildman–Crippen MR) is 78.7 cm³/mol. The first-order valence-electron chi connectivity index (χ1n) is 6.02. The normalized spacial score (nSPS) is 10.6. The van der Waals surface area contributed by atoms with Gasteiger partial charge in [0.1, 0.15) is 4.88 Å². The molecule has 0 aliphatic rings. The molecule has 0 unspecified atom stereocenters. The van der Waals surface area contributed by atoms with Crippen LogP contribution in [-0.4, -0.2) is 16.9 Å². The Balaban J connectivity index is 2.05. The van der Waals surface area contributed by atoms with Crippen molar-refractivity contribution in [3.63, 3.8) is 0 Å². The van der Waals surface area contributed by atoms with Gasteiger partial charge in [-0.3, -0.25) is 4.79 Å². The van der Waals surface area contributed by atoms with E-state index in [1.807, 2.05) is 18.2 Å². The highest BCUT2D eigenvalue weighted by molar-refractivity contribution is 7.20. The molecule has 0 radical (unpaired) electrons. The first kappa shape index (κ1) is 12.6. The maximum Gasteiger partial charge on any atom is 0.345 e. The van der Waals surface area contributed by atoms with Crippen LogP contribution in [0.25, 0.3) is 10.1 Å². The summed E-state index contributed by atoms with van der Waals surface area (Å²) >= 11 is 1.21. The molecule has 4 heteroatoms. The summed E-state index contributed by atoms with van der Waals surface area (Å²) in [7, 11) is 0. The fourth-order valence-electron chi connectivity index (χ4n) is 2.05. The average molecular weight is 282 g/mol. The number of carboxylic acids is 1. The van der Waals surface area contributed by atoms with Crippen molar-refractivity contribution in [3.8, 4) is 0 Å². The number of thiophene rings is 1. The lowest BCUT2D eigenvalue weighted by atomic mass is 10.0. The van der Waals surface area contributed by atoms with E-state index < -0.39 is 5.97 Å². The van der Waals surface area contributed by atoms with E-state index in [2.05, 4.69) is 0 Å². The average Bonchev–Trinajstić information content (AvgIpc) is 2.90.